The number of carbonyl (C=O) groups is 1. The normalized spacial score (nSPS) is 24.6. The second kappa shape index (κ2) is 9.31. The number of rotatable bonds is 6. The van der Waals surface area contributed by atoms with E-state index in [1.165, 1.54) is 26.4 Å². The zero-order valence-electron chi connectivity index (χ0n) is 18.1. The largest absolute Gasteiger partial charge is 0.496 e. The van der Waals surface area contributed by atoms with Crippen molar-refractivity contribution in [1.29, 1.82) is 0 Å². The van der Waals surface area contributed by atoms with E-state index in [0.717, 1.165) is 0 Å². The lowest BCUT2D eigenvalue weighted by Crippen LogP contribution is -2.61. The van der Waals surface area contributed by atoms with Gasteiger partial charge in [-0.1, -0.05) is 30.3 Å². The van der Waals surface area contributed by atoms with Gasteiger partial charge in [0.15, 0.2) is 22.9 Å². The first-order chi connectivity index (χ1) is 16.3. The summed E-state index contributed by atoms with van der Waals surface area (Å²) in [5, 5.41) is 39.6. The van der Waals surface area contributed by atoms with E-state index in [-0.39, 0.29) is 34.0 Å². The van der Waals surface area contributed by atoms with Gasteiger partial charge in [-0.2, -0.15) is 0 Å². The molecule has 5 unspecified atom stereocenters. The van der Waals surface area contributed by atoms with E-state index in [1.54, 1.807) is 24.3 Å². The Hall–Kier alpha value is -3.64. The minimum Gasteiger partial charge on any atom is -0.496 e. The number of methoxy groups -OCH3 is 2. The van der Waals surface area contributed by atoms with Crippen molar-refractivity contribution in [3.8, 4) is 28.6 Å². The number of hydrogen-bond acceptors (Lipinski definition) is 10. The topological polar surface area (TPSA) is 165 Å². The van der Waals surface area contributed by atoms with E-state index in [9.17, 15) is 30.0 Å². The predicted octanol–water partition coefficient (Wildman–Crippen LogP) is 0.748. The van der Waals surface area contributed by atoms with Gasteiger partial charge in [-0.25, -0.2) is 4.79 Å². The molecule has 1 aliphatic heterocycles. The maximum Gasteiger partial charge on any atom is 0.335 e. The lowest BCUT2D eigenvalue weighted by atomic mass is 9.99. The van der Waals surface area contributed by atoms with E-state index in [2.05, 4.69) is 0 Å². The Labute approximate surface area is 192 Å². The second-order valence-corrected chi connectivity index (χ2v) is 7.51. The first-order valence-electron chi connectivity index (χ1n) is 10.1. The number of aliphatic hydroxyl groups is 3. The lowest BCUT2D eigenvalue weighted by molar-refractivity contribution is -0.271. The van der Waals surface area contributed by atoms with Gasteiger partial charge >= 0.3 is 5.97 Å². The number of carboxylic acids is 1. The summed E-state index contributed by atoms with van der Waals surface area (Å²) in [5.74, 6) is -1.45. The molecule has 0 aliphatic carbocycles. The molecule has 0 spiro atoms. The quantitative estimate of drug-likeness (QED) is 0.398. The van der Waals surface area contributed by atoms with Crippen LogP contribution in [0.3, 0.4) is 0 Å². The summed E-state index contributed by atoms with van der Waals surface area (Å²) < 4.78 is 27.6. The average molecular weight is 474 g/mol. The van der Waals surface area contributed by atoms with Crippen LogP contribution in [0.4, 0.5) is 0 Å². The van der Waals surface area contributed by atoms with E-state index < -0.39 is 42.1 Å². The van der Waals surface area contributed by atoms with Crippen LogP contribution in [0.15, 0.2) is 51.7 Å². The highest BCUT2D eigenvalue weighted by Gasteiger charge is 2.48. The van der Waals surface area contributed by atoms with Gasteiger partial charge in [0.25, 0.3) is 0 Å². The summed E-state index contributed by atoms with van der Waals surface area (Å²) in [7, 11) is 2.61. The highest BCUT2D eigenvalue weighted by Crippen LogP contribution is 2.42. The molecule has 1 aliphatic rings. The molecule has 1 aromatic heterocycles. The molecule has 4 rings (SSSR count). The fraction of sp³-hybridized carbons (Fsp3) is 0.304. The number of aliphatic hydroxyl groups excluding tert-OH is 3. The Morgan fingerprint density at radius 1 is 0.941 bits per heavy atom. The standard InChI is InChI=1S/C23H22O11/c1-30-13-9-14(33-23-18(27)16(25)17(26)21(34-23)22(28)29)19(31-2)20-15(13)11(24)8-12(32-20)10-6-4-3-5-7-10/h3-9,16-18,21,23,25-27H,1-2H3,(H,28,29). The molecule has 2 heterocycles. The molecule has 11 heteroatoms. The molecule has 4 N–H and O–H groups in total. The van der Waals surface area contributed by atoms with Crippen LogP contribution < -0.4 is 19.6 Å². The van der Waals surface area contributed by atoms with Crippen molar-refractivity contribution in [3.63, 3.8) is 0 Å². The molecule has 0 bridgehead atoms. The van der Waals surface area contributed by atoms with Gasteiger partial charge in [-0.05, 0) is 0 Å². The molecule has 2 aromatic carbocycles. The van der Waals surface area contributed by atoms with Gasteiger partial charge in [0.2, 0.25) is 12.0 Å². The predicted molar refractivity (Wildman–Crippen MR) is 116 cm³/mol. The number of carboxylic acid groups (broad SMARTS) is 1. The molecule has 3 aromatic rings. The molecule has 180 valence electrons. The highest BCUT2D eigenvalue weighted by atomic mass is 16.7. The second-order valence-electron chi connectivity index (χ2n) is 7.51. The van der Waals surface area contributed by atoms with Crippen LogP contribution in [-0.4, -0.2) is 71.3 Å². The number of hydrogen-bond donors (Lipinski definition) is 4. The SMILES string of the molecule is COc1c(OC2OC(C(=O)O)C(O)C(O)C2O)cc(OC)c2c(=O)cc(-c3ccccc3)oc12. The van der Waals surface area contributed by atoms with Crippen molar-refractivity contribution < 1.29 is 48.6 Å². The monoisotopic (exact) mass is 474 g/mol. The smallest absolute Gasteiger partial charge is 0.335 e. The third kappa shape index (κ3) is 4.05. The highest BCUT2D eigenvalue weighted by molar-refractivity contribution is 5.92. The van der Waals surface area contributed by atoms with Crippen molar-refractivity contribution in [3.05, 3.63) is 52.7 Å². The van der Waals surface area contributed by atoms with Crippen LogP contribution in [0, 0.1) is 0 Å². The molecular weight excluding hydrogens is 452 g/mol. The maximum absolute atomic E-state index is 12.9. The Bertz CT molecular complexity index is 1250. The first kappa shape index (κ1) is 23.5. The zero-order valence-corrected chi connectivity index (χ0v) is 18.1. The summed E-state index contributed by atoms with van der Waals surface area (Å²) in [5.41, 5.74) is 0.186. The molecule has 1 saturated heterocycles. The number of aliphatic carboxylic acids is 1. The minimum atomic E-state index is -1.88. The van der Waals surface area contributed by atoms with Crippen molar-refractivity contribution in [2.24, 2.45) is 0 Å². The van der Waals surface area contributed by atoms with Crippen LogP contribution in [-0.2, 0) is 9.53 Å². The molecule has 11 nitrogen and oxygen atoms in total. The van der Waals surface area contributed by atoms with Crippen LogP contribution in [0.5, 0.6) is 17.2 Å². The van der Waals surface area contributed by atoms with E-state index in [4.69, 9.17) is 23.4 Å². The summed E-state index contributed by atoms with van der Waals surface area (Å²) >= 11 is 0. The van der Waals surface area contributed by atoms with Gasteiger partial charge in [-0.15, -0.1) is 0 Å². The van der Waals surface area contributed by atoms with Crippen LogP contribution >= 0.6 is 0 Å². The Morgan fingerprint density at radius 2 is 1.65 bits per heavy atom. The van der Waals surface area contributed by atoms with E-state index in [0.29, 0.717) is 5.56 Å². The third-order valence-corrected chi connectivity index (χ3v) is 5.42. The maximum atomic E-state index is 12.9. The van der Waals surface area contributed by atoms with Gasteiger partial charge < -0.3 is 43.8 Å². The average Bonchev–Trinajstić information content (AvgIpc) is 2.83. The van der Waals surface area contributed by atoms with E-state index >= 15 is 0 Å². The van der Waals surface area contributed by atoms with Gasteiger partial charge in [0.05, 0.1) is 14.2 Å². The Balaban J connectivity index is 1.84. The fourth-order valence-electron chi connectivity index (χ4n) is 3.72. The van der Waals surface area contributed by atoms with Crippen molar-refractivity contribution in [2.45, 2.75) is 30.7 Å². The molecule has 1 fully saturated rings. The number of benzene rings is 2. The first-order valence-corrected chi connectivity index (χ1v) is 10.1. The molecule has 34 heavy (non-hydrogen) atoms. The molecule has 0 saturated carbocycles. The Morgan fingerprint density at radius 3 is 2.26 bits per heavy atom. The summed E-state index contributed by atoms with van der Waals surface area (Å²) in [4.78, 5) is 24.3. The minimum absolute atomic E-state index is 0.0242. The number of fused-ring (bicyclic) bond motifs is 1. The molecular formula is C23H22O11. The van der Waals surface area contributed by atoms with Gasteiger partial charge in [0, 0.05) is 17.7 Å². The number of ether oxygens (including phenoxy) is 4. The summed E-state index contributed by atoms with van der Waals surface area (Å²) in [6.07, 6.45) is -9.12. The molecule has 5 atom stereocenters. The van der Waals surface area contributed by atoms with E-state index in [1.807, 2.05) is 6.07 Å². The van der Waals surface area contributed by atoms with Crippen LogP contribution in [0.1, 0.15) is 0 Å². The van der Waals surface area contributed by atoms with Gasteiger partial charge in [-0.3, -0.25) is 4.79 Å². The van der Waals surface area contributed by atoms with Gasteiger partial charge in [0.1, 0.15) is 35.2 Å². The molecule has 0 amide bonds. The summed E-state index contributed by atoms with van der Waals surface area (Å²) in [6, 6.07) is 11.4. The molecule has 0 radical (unpaired) electrons. The van der Waals surface area contributed by atoms with Crippen LogP contribution in [0.2, 0.25) is 0 Å². The fourth-order valence-corrected chi connectivity index (χ4v) is 3.72. The zero-order chi connectivity index (χ0) is 24.6. The van der Waals surface area contributed by atoms with Crippen LogP contribution in [0.25, 0.3) is 22.3 Å². The Kier molecular flexibility index (Phi) is 6.44. The van der Waals surface area contributed by atoms with Crippen molar-refractivity contribution >= 4 is 16.9 Å². The van der Waals surface area contributed by atoms with Crippen molar-refractivity contribution in [2.75, 3.05) is 14.2 Å². The third-order valence-electron chi connectivity index (χ3n) is 5.42. The lowest BCUT2D eigenvalue weighted by Gasteiger charge is -2.38. The summed E-state index contributed by atoms with van der Waals surface area (Å²) in [6.45, 7) is 0. The van der Waals surface area contributed by atoms with Crippen molar-refractivity contribution in [1.82, 2.24) is 0 Å².